The van der Waals surface area contributed by atoms with Crippen molar-refractivity contribution < 1.29 is 13.2 Å². The van der Waals surface area contributed by atoms with Gasteiger partial charge in [0.25, 0.3) is 5.91 Å². The second kappa shape index (κ2) is 6.09. The number of sulfonamides is 1. The first-order chi connectivity index (χ1) is 11.9. The van der Waals surface area contributed by atoms with Crippen molar-refractivity contribution in [3.05, 3.63) is 29.8 Å². The van der Waals surface area contributed by atoms with Crippen molar-refractivity contribution in [1.82, 2.24) is 10.0 Å². The van der Waals surface area contributed by atoms with Crippen LogP contribution >= 0.6 is 0 Å². The minimum absolute atomic E-state index is 0.0671. The highest BCUT2D eigenvalue weighted by Crippen LogP contribution is 2.55. The number of benzene rings is 1. The number of hydrogen-bond acceptors (Lipinski definition) is 3. The lowest BCUT2D eigenvalue weighted by atomic mass is 9.53. The van der Waals surface area contributed by atoms with Gasteiger partial charge in [0.05, 0.1) is 4.90 Å². The lowest BCUT2D eigenvalue weighted by molar-refractivity contribution is -0.0167. The monoisotopic (exact) mass is 362 g/mol. The molecule has 0 spiro atoms. The highest BCUT2D eigenvalue weighted by molar-refractivity contribution is 7.89. The van der Waals surface area contributed by atoms with E-state index < -0.39 is 10.0 Å². The van der Waals surface area contributed by atoms with Crippen LogP contribution in [0.25, 0.3) is 0 Å². The van der Waals surface area contributed by atoms with Gasteiger partial charge in [-0.3, -0.25) is 4.79 Å². The standard InChI is InChI=1S/C19H26N2O3S/c1-2-20-25(23,24)17-5-3-4-16(9-17)18(22)21-19-10-13-6-14(11-19)8-15(7-13)12-19/h3-5,9,13-15,20H,2,6-8,10-12H2,1H3,(H,21,22). The molecule has 0 aromatic heterocycles. The van der Waals surface area contributed by atoms with Crippen molar-refractivity contribution in [2.45, 2.75) is 55.9 Å². The lowest BCUT2D eigenvalue weighted by Crippen LogP contribution is -2.59. The topological polar surface area (TPSA) is 75.3 Å². The molecule has 2 N–H and O–H groups in total. The highest BCUT2D eigenvalue weighted by atomic mass is 32.2. The zero-order chi connectivity index (χ0) is 17.7. The fourth-order valence-electron chi connectivity index (χ4n) is 5.65. The Labute approximate surface area is 149 Å². The van der Waals surface area contributed by atoms with Gasteiger partial charge in [0.1, 0.15) is 0 Å². The normalized spacial score (nSPS) is 33.4. The second-order valence-corrected chi connectivity index (χ2v) is 9.95. The van der Waals surface area contributed by atoms with Crippen molar-refractivity contribution in [2.75, 3.05) is 6.54 Å². The van der Waals surface area contributed by atoms with E-state index in [0.717, 1.165) is 37.0 Å². The van der Waals surface area contributed by atoms with Gasteiger partial charge in [-0.15, -0.1) is 0 Å². The van der Waals surface area contributed by atoms with Crippen LogP contribution in [-0.2, 0) is 10.0 Å². The molecule has 1 aromatic carbocycles. The molecule has 6 heteroatoms. The first-order valence-electron chi connectivity index (χ1n) is 9.31. The van der Waals surface area contributed by atoms with E-state index in [9.17, 15) is 13.2 Å². The van der Waals surface area contributed by atoms with Crippen molar-refractivity contribution in [3.63, 3.8) is 0 Å². The third kappa shape index (κ3) is 3.22. The Bertz CT molecular complexity index is 752. The van der Waals surface area contributed by atoms with Gasteiger partial charge in [0.15, 0.2) is 0 Å². The zero-order valence-corrected chi connectivity index (χ0v) is 15.4. The fourth-order valence-corrected chi connectivity index (χ4v) is 6.74. The van der Waals surface area contributed by atoms with E-state index in [1.807, 2.05) is 0 Å². The van der Waals surface area contributed by atoms with Crippen LogP contribution in [0.3, 0.4) is 0 Å². The SMILES string of the molecule is CCNS(=O)(=O)c1cccc(C(=O)NC23CC4CC(CC(C4)C2)C3)c1. The Morgan fingerprint density at radius 3 is 2.28 bits per heavy atom. The summed E-state index contributed by atoms with van der Waals surface area (Å²) in [5.41, 5.74) is 0.359. The summed E-state index contributed by atoms with van der Waals surface area (Å²) in [5.74, 6) is 2.13. The molecule has 4 fully saturated rings. The van der Waals surface area contributed by atoms with Crippen LogP contribution in [0, 0.1) is 17.8 Å². The summed E-state index contributed by atoms with van der Waals surface area (Å²) >= 11 is 0. The first kappa shape index (κ1) is 17.0. The van der Waals surface area contributed by atoms with Crippen LogP contribution in [0.1, 0.15) is 55.8 Å². The predicted molar refractivity (Wildman–Crippen MR) is 95.7 cm³/mol. The molecule has 1 aromatic rings. The second-order valence-electron chi connectivity index (χ2n) is 8.18. The Balaban J connectivity index is 1.54. The maximum Gasteiger partial charge on any atom is 0.251 e. The van der Waals surface area contributed by atoms with E-state index in [-0.39, 0.29) is 16.3 Å². The third-order valence-corrected chi connectivity index (χ3v) is 7.70. The van der Waals surface area contributed by atoms with Gasteiger partial charge in [-0.05, 0) is 74.5 Å². The first-order valence-corrected chi connectivity index (χ1v) is 10.8. The van der Waals surface area contributed by atoms with Crippen LogP contribution in [0.2, 0.25) is 0 Å². The predicted octanol–water partition coefficient (Wildman–Crippen LogP) is 2.68. The maximum absolute atomic E-state index is 12.8. The molecule has 5 rings (SSSR count). The zero-order valence-electron chi connectivity index (χ0n) is 14.6. The molecule has 0 radical (unpaired) electrons. The minimum atomic E-state index is -3.55. The molecule has 5 nitrogen and oxygen atoms in total. The molecule has 0 atom stereocenters. The lowest BCUT2D eigenvalue weighted by Gasteiger charge is -2.56. The van der Waals surface area contributed by atoms with Crippen molar-refractivity contribution in [2.24, 2.45) is 17.8 Å². The molecule has 1 amide bonds. The van der Waals surface area contributed by atoms with Gasteiger partial charge in [-0.25, -0.2) is 13.1 Å². The van der Waals surface area contributed by atoms with Gasteiger partial charge >= 0.3 is 0 Å². The minimum Gasteiger partial charge on any atom is -0.347 e. The van der Waals surface area contributed by atoms with Gasteiger partial charge in [0.2, 0.25) is 10.0 Å². The van der Waals surface area contributed by atoms with Crippen LogP contribution < -0.4 is 10.0 Å². The molecule has 4 bridgehead atoms. The molecule has 4 aliphatic rings. The number of rotatable bonds is 5. The summed E-state index contributed by atoms with van der Waals surface area (Å²) in [6, 6.07) is 6.34. The molecule has 0 unspecified atom stereocenters. The Morgan fingerprint density at radius 1 is 1.12 bits per heavy atom. The molecule has 136 valence electrons. The summed E-state index contributed by atoms with van der Waals surface area (Å²) in [6.45, 7) is 2.06. The molecule has 4 aliphatic carbocycles. The van der Waals surface area contributed by atoms with Crippen molar-refractivity contribution in [1.29, 1.82) is 0 Å². The summed E-state index contributed by atoms with van der Waals surface area (Å²) in [5, 5.41) is 3.30. The molecule has 0 saturated heterocycles. The molecular formula is C19H26N2O3S. The van der Waals surface area contributed by atoms with Gasteiger partial charge in [-0.2, -0.15) is 0 Å². The Kier molecular flexibility index (Phi) is 4.15. The molecule has 25 heavy (non-hydrogen) atoms. The number of amides is 1. The van der Waals surface area contributed by atoms with E-state index in [4.69, 9.17) is 0 Å². The number of nitrogens with one attached hydrogen (secondary N) is 2. The Hall–Kier alpha value is -1.40. The Morgan fingerprint density at radius 2 is 1.72 bits per heavy atom. The summed E-state index contributed by atoms with van der Waals surface area (Å²) < 4.78 is 26.8. The van der Waals surface area contributed by atoms with Crippen LogP contribution in [0.5, 0.6) is 0 Å². The highest BCUT2D eigenvalue weighted by Gasteiger charge is 2.51. The quantitative estimate of drug-likeness (QED) is 0.846. The third-order valence-electron chi connectivity index (χ3n) is 6.16. The summed E-state index contributed by atoms with van der Waals surface area (Å²) in [7, 11) is -3.55. The van der Waals surface area contributed by atoms with Gasteiger partial charge in [0, 0.05) is 17.6 Å². The van der Waals surface area contributed by atoms with Crippen molar-refractivity contribution in [3.8, 4) is 0 Å². The number of hydrogen-bond donors (Lipinski definition) is 2. The van der Waals surface area contributed by atoms with Crippen LogP contribution in [0.4, 0.5) is 0 Å². The van der Waals surface area contributed by atoms with Crippen LogP contribution in [-0.4, -0.2) is 26.4 Å². The largest absolute Gasteiger partial charge is 0.347 e. The van der Waals surface area contributed by atoms with E-state index in [1.54, 1.807) is 19.1 Å². The van der Waals surface area contributed by atoms with Crippen molar-refractivity contribution >= 4 is 15.9 Å². The van der Waals surface area contributed by atoms with E-state index in [0.29, 0.717) is 12.1 Å². The van der Waals surface area contributed by atoms with Gasteiger partial charge < -0.3 is 5.32 Å². The van der Waals surface area contributed by atoms with E-state index in [2.05, 4.69) is 10.0 Å². The fraction of sp³-hybridized carbons (Fsp3) is 0.632. The average molecular weight is 362 g/mol. The number of carbonyl (C=O) groups is 1. The molecule has 0 heterocycles. The molecular weight excluding hydrogens is 336 g/mol. The smallest absolute Gasteiger partial charge is 0.251 e. The van der Waals surface area contributed by atoms with E-state index >= 15 is 0 Å². The molecule has 4 saturated carbocycles. The van der Waals surface area contributed by atoms with E-state index in [1.165, 1.54) is 31.4 Å². The van der Waals surface area contributed by atoms with Gasteiger partial charge in [-0.1, -0.05) is 13.0 Å². The average Bonchev–Trinajstić information content (AvgIpc) is 2.53. The number of carbonyl (C=O) groups excluding carboxylic acids is 1. The maximum atomic E-state index is 12.8. The van der Waals surface area contributed by atoms with Crippen LogP contribution in [0.15, 0.2) is 29.2 Å². The summed E-state index contributed by atoms with van der Waals surface area (Å²) in [4.78, 5) is 13.0. The molecule has 0 aliphatic heterocycles. The summed E-state index contributed by atoms with van der Waals surface area (Å²) in [6.07, 6.45) is 7.23.